The van der Waals surface area contributed by atoms with Crippen molar-refractivity contribution in [2.75, 3.05) is 5.32 Å². The summed E-state index contributed by atoms with van der Waals surface area (Å²) >= 11 is 0. The zero-order valence-electron chi connectivity index (χ0n) is 20.4. The molecule has 2 amide bonds. The molecule has 0 radical (unpaired) electrons. The fourth-order valence-electron chi connectivity index (χ4n) is 3.42. The summed E-state index contributed by atoms with van der Waals surface area (Å²) in [6, 6.07) is 18.5. The summed E-state index contributed by atoms with van der Waals surface area (Å²) in [4.78, 5) is 14.7. The van der Waals surface area contributed by atoms with Crippen LogP contribution in [0.2, 0.25) is 0 Å². The molecule has 3 rings (SSSR count). The first kappa shape index (κ1) is 26.2. The van der Waals surface area contributed by atoms with Crippen LogP contribution in [0.4, 0.5) is 14.9 Å². The topological polar surface area (TPSA) is 75.7 Å². The third-order valence-corrected chi connectivity index (χ3v) is 7.06. The van der Waals surface area contributed by atoms with E-state index in [9.17, 15) is 17.6 Å². The van der Waals surface area contributed by atoms with Crippen molar-refractivity contribution in [3.8, 4) is 5.75 Å². The van der Waals surface area contributed by atoms with Crippen LogP contribution in [0.25, 0.3) is 0 Å². The normalized spacial score (nSPS) is 12.3. The number of benzene rings is 3. The molecule has 0 saturated heterocycles. The summed E-state index contributed by atoms with van der Waals surface area (Å²) < 4.78 is 43.1. The fourth-order valence-corrected chi connectivity index (χ4v) is 4.35. The molecule has 1 N–H and O–H groups in total. The summed E-state index contributed by atoms with van der Waals surface area (Å²) in [6.45, 7) is 8.57. The number of rotatable bonds is 9. The van der Waals surface area contributed by atoms with Crippen LogP contribution in [-0.4, -0.2) is 25.4 Å². The van der Waals surface area contributed by atoms with Crippen LogP contribution in [0.15, 0.2) is 77.7 Å². The first-order valence-corrected chi connectivity index (χ1v) is 13.0. The largest absolute Gasteiger partial charge is 0.379 e. The second-order valence-electron chi connectivity index (χ2n) is 8.73. The molecule has 3 aromatic carbocycles. The highest BCUT2D eigenvalue weighted by molar-refractivity contribution is 7.87. The van der Waals surface area contributed by atoms with E-state index >= 15 is 0 Å². The molecule has 0 aliphatic rings. The molecule has 3 aromatic rings. The summed E-state index contributed by atoms with van der Waals surface area (Å²) in [5, 5.41) is 2.96. The molecule has 0 aromatic heterocycles. The Morgan fingerprint density at radius 3 is 2.09 bits per heavy atom. The number of carbonyl (C=O) groups is 1. The van der Waals surface area contributed by atoms with Crippen LogP contribution in [0.1, 0.15) is 51.2 Å². The molecule has 6 nitrogen and oxygen atoms in total. The zero-order chi connectivity index (χ0) is 25.6. The molecular formula is C27H31FN2O4S. The predicted molar refractivity (Wildman–Crippen MR) is 136 cm³/mol. The lowest BCUT2D eigenvalue weighted by atomic mass is 10.0. The number of anilines is 1. The molecule has 0 spiro atoms. The van der Waals surface area contributed by atoms with Crippen molar-refractivity contribution in [2.24, 2.45) is 0 Å². The van der Waals surface area contributed by atoms with Crippen molar-refractivity contribution in [3.05, 3.63) is 89.7 Å². The Kier molecular flexibility index (Phi) is 8.51. The first-order chi connectivity index (χ1) is 16.6. The van der Waals surface area contributed by atoms with Crippen LogP contribution in [0, 0.1) is 5.82 Å². The van der Waals surface area contributed by atoms with E-state index in [1.54, 1.807) is 17.0 Å². The summed E-state index contributed by atoms with van der Waals surface area (Å²) in [7, 11) is -4.08. The van der Waals surface area contributed by atoms with Gasteiger partial charge in [-0.25, -0.2) is 9.18 Å². The Morgan fingerprint density at radius 2 is 1.54 bits per heavy atom. The maximum atomic E-state index is 13.1. The number of halogens is 1. The van der Waals surface area contributed by atoms with E-state index < -0.39 is 15.9 Å². The van der Waals surface area contributed by atoms with Gasteiger partial charge in [0.05, 0.1) is 0 Å². The molecule has 1 atom stereocenters. The van der Waals surface area contributed by atoms with Gasteiger partial charge in [-0.05, 0) is 78.9 Å². The average Bonchev–Trinajstić information content (AvgIpc) is 2.83. The highest BCUT2D eigenvalue weighted by Crippen LogP contribution is 2.22. The maximum Gasteiger partial charge on any atom is 0.339 e. The van der Waals surface area contributed by atoms with Crippen molar-refractivity contribution < 1.29 is 21.8 Å². The smallest absolute Gasteiger partial charge is 0.339 e. The number of hydrogen-bond donors (Lipinski definition) is 1. The number of amides is 2. The number of carbonyl (C=O) groups excluding carboxylic acids is 1. The van der Waals surface area contributed by atoms with Crippen LogP contribution in [0.5, 0.6) is 5.75 Å². The second kappa shape index (κ2) is 11.4. The van der Waals surface area contributed by atoms with Crippen molar-refractivity contribution in [1.82, 2.24) is 4.90 Å². The molecule has 0 aliphatic carbocycles. The molecule has 0 fully saturated rings. The van der Waals surface area contributed by atoms with Crippen LogP contribution >= 0.6 is 0 Å². The highest BCUT2D eigenvalue weighted by atomic mass is 32.2. The van der Waals surface area contributed by atoms with E-state index in [-0.39, 0.29) is 22.7 Å². The molecule has 0 saturated carbocycles. The van der Waals surface area contributed by atoms with Crippen molar-refractivity contribution in [3.63, 3.8) is 0 Å². The van der Waals surface area contributed by atoms with E-state index in [2.05, 4.69) is 19.2 Å². The van der Waals surface area contributed by atoms with Gasteiger partial charge >= 0.3 is 16.1 Å². The van der Waals surface area contributed by atoms with E-state index in [0.717, 1.165) is 41.9 Å². The number of nitrogens with one attached hydrogen (secondary N) is 1. The third-order valence-electron chi connectivity index (χ3n) is 5.80. The first-order valence-electron chi connectivity index (χ1n) is 11.6. The van der Waals surface area contributed by atoms with Gasteiger partial charge in [-0.3, -0.25) is 0 Å². The van der Waals surface area contributed by atoms with Gasteiger partial charge in [0.2, 0.25) is 0 Å². The SMILES string of the molecule is CCC(C)N(Cc1ccc(OS(=O)(=O)c2ccc(F)cc2)cc1)C(=O)Nc1ccc(C(C)C)cc1. The molecule has 8 heteroatoms. The Labute approximate surface area is 206 Å². The Balaban J connectivity index is 1.69. The lowest BCUT2D eigenvalue weighted by molar-refractivity contribution is 0.187. The predicted octanol–water partition coefficient (Wildman–Crippen LogP) is 6.55. The third kappa shape index (κ3) is 7.05. The average molecular weight is 499 g/mol. The Hall–Kier alpha value is -3.39. The van der Waals surface area contributed by atoms with Crippen LogP contribution < -0.4 is 9.50 Å². The van der Waals surface area contributed by atoms with Crippen molar-refractivity contribution in [1.29, 1.82) is 0 Å². The Morgan fingerprint density at radius 1 is 0.943 bits per heavy atom. The quantitative estimate of drug-likeness (QED) is 0.340. The standard InChI is InChI=1S/C27H31FN2O4S/c1-5-20(4)30(27(31)29-24-12-8-22(9-13-24)19(2)3)18-21-6-14-25(15-7-21)34-35(32,33)26-16-10-23(28)11-17-26/h6-17,19-20H,5,18H2,1-4H3,(H,29,31). The van der Waals surface area contributed by atoms with Gasteiger partial charge in [0, 0.05) is 18.3 Å². The lowest BCUT2D eigenvalue weighted by Gasteiger charge is -2.29. The van der Waals surface area contributed by atoms with Crippen LogP contribution in [0.3, 0.4) is 0 Å². The fraction of sp³-hybridized carbons (Fsp3) is 0.296. The van der Waals surface area contributed by atoms with Crippen molar-refractivity contribution >= 4 is 21.8 Å². The van der Waals surface area contributed by atoms with Crippen LogP contribution in [-0.2, 0) is 16.7 Å². The summed E-state index contributed by atoms with van der Waals surface area (Å²) in [5.74, 6) is 0.00706. The highest BCUT2D eigenvalue weighted by Gasteiger charge is 2.20. The minimum absolute atomic E-state index is 0.0142. The van der Waals surface area contributed by atoms with Gasteiger partial charge in [0.1, 0.15) is 16.5 Å². The lowest BCUT2D eigenvalue weighted by Crippen LogP contribution is -2.40. The van der Waals surface area contributed by atoms with Gasteiger partial charge in [-0.2, -0.15) is 8.42 Å². The van der Waals surface area contributed by atoms with E-state index in [1.807, 2.05) is 38.1 Å². The Bertz CT molecular complexity index is 1230. The van der Waals surface area contributed by atoms with Crippen molar-refractivity contribution in [2.45, 2.75) is 57.5 Å². The maximum absolute atomic E-state index is 13.1. The second-order valence-corrected chi connectivity index (χ2v) is 10.3. The molecule has 35 heavy (non-hydrogen) atoms. The molecule has 0 heterocycles. The van der Waals surface area contributed by atoms with Gasteiger partial charge in [0.25, 0.3) is 0 Å². The number of nitrogens with zero attached hydrogens (tertiary/aromatic N) is 1. The number of hydrogen-bond acceptors (Lipinski definition) is 4. The van der Waals surface area contributed by atoms with E-state index in [4.69, 9.17) is 4.18 Å². The summed E-state index contributed by atoms with van der Waals surface area (Å²) in [5.41, 5.74) is 2.75. The van der Waals surface area contributed by atoms with E-state index in [0.29, 0.717) is 12.5 Å². The molecule has 0 bridgehead atoms. The minimum atomic E-state index is -4.08. The van der Waals surface area contributed by atoms with Gasteiger partial charge in [0.15, 0.2) is 0 Å². The monoisotopic (exact) mass is 498 g/mol. The summed E-state index contributed by atoms with van der Waals surface area (Å²) in [6.07, 6.45) is 0.775. The van der Waals surface area contributed by atoms with Gasteiger partial charge in [-0.1, -0.05) is 45.0 Å². The molecular weight excluding hydrogens is 467 g/mol. The molecule has 186 valence electrons. The van der Waals surface area contributed by atoms with Gasteiger partial charge < -0.3 is 14.4 Å². The number of urea groups is 1. The minimum Gasteiger partial charge on any atom is -0.379 e. The zero-order valence-corrected chi connectivity index (χ0v) is 21.2. The van der Waals surface area contributed by atoms with Gasteiger partial charge in [-0.15, -0.1) is 0 Å². The molecule has 0 aliphatic heterocycles. The van der Waals surface area contributed by atoms with E-state index in [1.165, 1.54) is 17.7 Å². The molecule has 1 unspecified atom stereocenters.